The second kappa shape index (κ2) is 67.5. The molecular formula is C62H177Ho2O12Si12-. The van der Waals surface area contributed by atoms with Gasteiger partial charge in [-0.25, -0.2) is 6.10 Å². The standard InChI is InChI=1S/2C9H24O2Si2.C6H16OSi.C6H15OSi.C4H12OSi.5C3H10OSi.4C3H8.CH4.2Ho/c2*1-9(2,10-12(3,4)5)11-13(6,7)8;2*1-6(2)7-8(3,4)5;1-5-6(2,3)4;5*1-5(2,3)4;4*1-3-2;;;/h2*1-8H3;6H,1-5H3;1-5H3;1-4H3;5*4H,1-3H3;4*3H2,1-2H3;1H4;;/q;;;-1;;;;;;;;;;;;;. The minimum absolute atomic E-state index is 0. The van der Waals surface area contributed by atoms with Crippen molar-refractivity contribution < 1.29 is 130 Å². The molecule has 12 nitrogen and oxygen atoms in total. The van der Waals surface area contributed by atoms with E-state index in [0.29, 0.717) is 6.10 Å². The number of rotatable bonds is 13. The second-order valence-electron chi connectivity index (χ2n) is 34.1. The van der Waals surface area contributed by atoms with E-state index in [1.807, 2.05) is 140 Å². The quantitative estimate of drug-likeness (QED) is 0.0674. The molecule has 0 aromatic rings. The van der Waals surface area contributed by atoms with Crippen molar-refractivity contribution >= 4 is 99.8 Å². The fourth-order valence-electron chi connectivity index (χ4n) is 4.31. The van der Waals surface area contributed by atoms with Gasteiger partial charge in [-0.1, -0.05) is 88.5 Å². The maximum atomic E-state index is 8.66. The van der Waals surface area contributed by atoms with Crippen LogP contribution in [0.5, 0.6) is 0 Å². The average molecular weight is 1780 g/mol. The van der Waals surface area contributed by atoms with Gasteiger partial charge < -0.3 is 55.0 Å². The molecule has 0 rings (SSSR count). The molecule has 0 bridgehead atoms. The van der Waals surface area contributed by atoms with Gasteiger partial charge in [0.1, 0.15) is 19.9 Å². The Labute approximate surface area is 633 Å². The van der Waals surface area contributed by atoms with E-state index in [1.54, 1.807) is 7.11 Å². The molecule has 0 aliphatic carbocycles. The first-order valence-electron chi connectivity index (χ1n) is 32.0. The Morgan fingerprint density at radius 3 is 0.443 bits per heavy atom. The van der Waals surface area contributed by atoms with Crippen LogP contribution in [0.2, 0.25) is 236 Å². The van der Waals surface area contributed by atoms with Crippen LogP contribution in [0, 0.1) is 81.6 Å². The van der Waals surface area contributed by atoms with Crippen LogP contribution in [0.4, 0.5) is 0 Å². The fourth-order valence-corrected chi connectivity index (χ4v) is 13.2. The van der Waals surface area contributed by atoms with Gasteiger partial charge in [0.25, 0.3) is 0 Å². The van der Waals surface area contributed by atoms with Gasteiger partial charge in [-0.3, -0.25) is 0 Å². The van der Waals surface area contributed by atoms with Gasteiger partial charge in [0, 0.05) is 88.7 Å². The van der Waals surface area contributed by atoms with Gasteiger partial charge in [0.2, 0.25) is 0 Å². The zero-order valence-corrected chi connectivity index (χ0v) is 85.5. The summed E-state index contributed by atoms with van der Waals surface area (Å²) in [5, 5.41) is 0. The summed E-state index contributed by atoms with van der Waals surface area (Å²) in [6.07, 6.45) is 6.49. The summed E-state index contributed by atoms with van der Waals surface area (Å²) in [6, 6.07) is 0. The molecule has 0 amide bonds. The Morgan fingerprint density at radius 2 is 0.420 bits per heavy atom. The van der Waals surface area contributed by atoms with Gasteiger partial charge in [-0.2, -0.15) is 13.8 Å². The smallest absolute Gasteiger partial charge is 0.187 e. The van der Waals surface area contributed by atoms with Crippen LogP contribution in [0.3, 0.4) is 0 Å². The summed E-state index contributed by atoms with van der Waals surface area (Å²) < 4.78 is 40.0. The summed E-state index contributed by atoms with van der Waals surface area (Å²) in [5.74, 6) is -0.816. The average Bonchev–Trinajstić information content (AvgIpc) is 3.00. The Balaban J connectivity index is -0.0000000422. The Bertz CT molecular complexity index is 1130. The van der Waals surface area contributed by atoms with Gasteiger partial charge >= 0.3 is 0 Å². The van der Waals surface area contributed by atoms with E-state index in [1.165, 1.54) is 25.7 Å². The molecule has 0 atom stereocenters. The monoisotopic (exact) mass is 1780 g/mol. The minimum Gasteiger partial charge on any atom is -0.590 e. The Morgan fingerprint density at radius 1 is 0.307 bits per heavy atom. The number of hydrogen-bond acceptors (Lipinski definition) is 12. The predicted molar refractivity (Wildman–Crippen MR) is 433 cm³/mol. The third kappa shape index (κ3) is 420. The van der Waals surface area contributed by atoms with Crippen LogP contribution in [0.25, 0.3) is 0 Å². The zero-order chi connectivity index (χ0) is 73.9. The van der Waals surface area contributed by atoms with Crippen molar-refractivity contribution in [1.82, 2.24) is 0 Å². The van der Waals surface area contributed by atoms with Crippen molar-refractivity contribution in [3.8, 4) is 0 Å². The largest absolute Gasteiger partial charge is 0.590 e. The minimum atomic E-state index is -1.61. The first-order valence-corrected chi connectivity index (χ1v) is 73.1. The van der Waals surface area contributed by atoms with Crippen molar-refractivity contribution in [2.45, 2.75) is 397 Å². The predicted octanol–water partition coefficient (Wildman–Crippen LogP) is 23.3. The first-order chi connectivity index (χ1) is 35.9. The molecule has 88 heavy (non-hydrogen) atoms. The van der Waals surface area contributed by atoms with E-state index in [-0.39, 0.29) is 82.9 Å². The summed E-state index contributed by atoms with van der Waals surface area (Å²) >= 11 is 0. The van der Waals surface area contributed by atoms with E-state index in [9.17, 15) is 0 Å². The van der Waals surface area contributed by atoms with E-state index in [4.69, 9.17) is 55.0 Å². The third-order valence-corrected chi connectivity index (χ3v) is 11.8. The van der Waals surface area contributed by atoms with E-state index in [0.717, 1.165) is 6.10 Å². The van der Waals surface area contributed by atoms with E-state index >= 15 is 0 Å². The van der Waals surface area contributed by atoms with Gasteiger partial charge in [0.05, 0.1) is 0 Å². The summed E-state index contributed by atoms with van der Waals surface area (Å²) in [5.41, 5.74) is 0. The summed E-state index contributed by atoms with van der Waals surface area (Å²) in [7, 11) is -15.9. The van der Waals surface area contributed by atoms with Crippen molar-refractivity contribution in [1.29, 1.82) is 0 Å². The Hall–Kier alpha value is 4.64. The van der Waals surface area contributed by atoms with Crippen molar-refractivity contribution in [3.05, 3.63) is 6.10 Å². The zero-order valence-electron chi connectivity index (χ0n) is 69.6. The molecular weight excluding hydrogens is 1600 g/mol. The second-order valence-corrected chi connectivity index (χ2v) is 87.0. The first kappa shape index (κ1) is 136. The molecule has 0 aromatic carbocycles. The van der Waals surface area contributed by atoms with Crippen LogP contribution in [-0.4, -0.2) is 149 Å². The summed E-state index contributed by atoms with van der Waals surface area (Å²) in [4.78, 5) is 43.3. The van der Waals surface area contributed by atoms with Crippen LogP contribution in [0.1, 0.15) is 144 Å². The molecule has 0 aliphatic rings. The molecule has 0 saturated carbocycles. The number of hydrogen-bond donors (Lipinski definition) is 5. The maximum Gasteiger partial charge on any atom is 0.187 e. The Kier molecular flexibility index (Phi) is 104. The molecule has 0 spiro atoms. The molecule has 0 fully saturated rings. The topological polar surface area (TPSA) is 166 Å². The molecule has 2 radical (unpaired) electrons. The van der Waals surface area contributed by atoms with E-state index < -0.39 is 111 Å². The molecule has 0 unspecified atom stereocenters. The molecule has 0 aromatic heterocycles. The van der Waals surface area contributed by atoms with Crippen molar-refractivity contribution in [2.24, 2.45) is 0 Å². The normalized spacial score (nSPS) is 11.7. The van der Waals surface area contributed by atoms with Crippen LogP contribution < -0.4 is 0 Å². The molecule has 0 aliphatic heterocycles. The molecule has 5 N–H and O–H groups in total. The fraction of sp³-hybridized carbons (Fsp3) is 0.984. The molecule has 0 heterocycles. The summed E-state index contributed by atoms with van der Waals surface area (Å²) in [6.45, 7) is 107. The van der Waals surface area contributed by atoms with Crippen LogP contribution >= 0.6 is 0 Å². The van der Waals surface area contributed by atoms with Crippen LogP contribution in [0.15, 0.2) is 0 Å². The van der Waals surface area contributed by atoms with Gasteiger partial charge in [-0.05, 0) is 277 Å². The third-order valence-electron chi connectivity index (χ3n) is 3.92. The molecule has 0 saturated heterocycles. The SMILES string of the molecule is C.CC(C)(O[Si](C)(C)C)O[Si](C)(C)C.CC(C)(O[Si](C)(C)C)O[Si](C)(C)C.CC(C)O[Si](C)(C)C.CCC.CCC.CCC.CCC.CO[Si](C)(C)C.C[C-](C)O[Si](C)(C)C.C[Si](C)(C)O.C[Si](C)(C)O.C[Si](C)(C)O.C[Si](C)(C)O.C[Si](C)(C)O.[Ho].[Ho]. The van der Waals surface area contributed by atoms with Gasteiger partial charge in [-0.15, -0.1) is 0 Å². The van der Waals surface area contributed by atoms with Crippen molar-refractivity contribution in [3.63, 3.8) is 0 Å². The van der Waals surface area contributed by atoms with Crippen molar-refractivity contribution in [2.75, 3.05) is 7.11 Å². The van der Waals surface area contributed by atoms with E-state index in [2.05, 4.69) is 207 Å². The molecule has 26 heteroatoms. The maximum absolute atomic E-state index is 8.66. The van der Waals surface area contributed by atoms with Gasteiger partial charge in [0.15, 0.2) is 91.5 Å². The molecule has 568 valence electrons. The van der Waals surface area contributed by atoms with Crippen LogP contribution in [-0.2, 0) is 31.0 Å².